The Labute approximate surface area is 361 Å². The van der Waals surface area contributed by atoms with Gasteiger partial charge < -0.3 is 41.5 Å². The fourth-order valence-corrected chi connectivity index (χ4v) is 9.57. The van der Waals surface area contributed by atoms with Crippen LogP contribution in [0.5, 0.6) is 0 Å². The number of amides is 2. The molecule has 322 valence electrons. The fraction of sp³-hybridized carbons (Fsp3) is 0.417. The number of nitrogen functional groups attached to an aromatic ring is 2. The number of morpholine rings is 2. The summed E-state index contributed by atoms with van der Waals surface area (Å²) in [6, 6.07) is 24.4. The van der Waals surface area contributed by atoms with Crippen molar-refractivity contribution in [2.75, 3.05) is 63.9 Å². The minimum Gasteiger partial charge on any atom is -0.384 e. The van der Waals surface area contributed by atoms with Crippen molar-refractivity contribution in [3.05, 3.63) is 108 Å². The number of H-pyrrole nitrogens is 2. The van der Waals surface area contributed by atoms with Crippen molar-refractivity contribution in [1.82, 2.24) is 40.4 Å². The zero-order valence-electron chi connectivity index (χ0n) is 35.3. The number of aromatic amines is 2. The van der Waals surface area contributed by atoms with Gasteiger partial charge in [0.15, 0.2) is 0 Å². The second-order valence-electron chi connectivity index (χ2n) is 18.1. The van der Waals surface area contributed by atoms with Gasteiger partial charge in [-0.25, -0.2) is 9.97 Å². The molecule has 2 saturated heterocycles. The minimum absolute atomic E-state index is 0.0222. The maximum Gasteiger partial charge on any atom is 0.267 e. The molecule has 4 aliphatic rings. The molecule has 4 aromatic heterocycles. The summed E-state index contributed by atoms with van der Waals surface area (Å²) in [5, 5.41) is 8.33. The van der Waals surface area contributed by atoms with Crippen molar-refractivity contribution in [3.8, 4) is 11.1 Å². The molecule has 6 aromatic rings. The van der Waals surface area contributed by atoms with Gasteiger partial charge in [0.05, 0.1) is 25.4 Å². The first-order chi connectivity index (χ1) is 30.1. The van der Waals surface area contributed by atoms with Gasteiger partial charge in [0, 0.05) is 96.7 Å². The van der Waals surface area contributed by atoms with Crippen LogP contribution in [0.1, 0.15) is 71.0 Å². The summed E-state index contributed by atoms with van der Waals surface area (Å²) >= 11 is 0. The molecular weight excluding hydrogens is 781 g/mol. The number of anilines is 2. The molecule has 2 saturated carbocycles. The summed E-state index contributed by atoms with van der Waals surface area (Å²) in [5.41, 5.74) is 18.5. The normalized spacial score (nSPS) is 26.4. The Bertz CT molecular complexity index is 2400. The molecule has 62 heavy (non-hydrogen) atoms. The highest BCUT2D eigenvalue weighted by Gasteiger charge is 2.42. The summed E-state index contributed by atoms with van der Waals surface area (Å²) in [7, 11) is 0. The van der Waals surface area contributed by atoms with Crippen LogP contribution in [0.25, 0.3) is 32.9 Å². The maximum absolute atomic E-state index is 13.5. The van der Waals surface area contributed by atoms with E-state index >= 15 is 0 Å². The number of rotatable bonds is 13. The molecule has 2 aromatic carbocycles. The van der Waals surface area contributed by atoms with Crippen LogP contribution in [0.2, 0.25) is 0 Å². The van der Waals surface area contributed by atoms with E-state index in [0.29, 0.717) is 85.1 Å². The van der Waals surface area contributed by atoms with Gasteiger partial charge in [-0.05, 0) is 97.9 Å². The number of ether oxygens (including phenoxy) is 2. The molecular formula is C48H56N10O4. The first-order valence-electron chi connectivity index (χ1n) is 22.1. The largest absolute Gasteiger partial charge is 0.384 e. The van der Waals surface area contributed by atoms with E-state index < -0.39 is 0 Å². The lowest BCUT2D eigenvalue weighted by Gasteiger charge is -2.38. The van der Waals surface area contributed by atoms with Gasteiger partial charge in [0.1, 0.15) is 23.0 Å². The van der Waals surface area contributed by atoms with E-state index in [4.69, 9.17) is 20.9 Å². The molecule has 0 radical (unpaired) electrons. The molecule has 10 rings (SSSR count). The quantitative estimate of drug-likeness (QED) is 0.0813. The van der Waals surface area contributed by atoms with Gasteiger partial charge in [-0.1, -0.05) is 36.4 Å². The van der Waals surface area contributed by atoms with Gasteiger partial charge in [-0.2, -0.15) is 0 Å². The predicted molar refractivity (Wildman–Crippen MR) is 240 cm³/mol. The second-order valence-corrected chi connectivity index (χ2v) is 18.1. The second kappa shape index (κ2) is 16.8. The van der Waals surface area contributed by atoms with Crippen LogP contribution in [0.3, 0.4) is 0 Å². The molecule has 2 amide bonds. The number of carbonyl (C=O) groups is 2. The molecule has 14 heteroatoms. The number of benzene rings is 2. The molecule has 0 bridgehead atoms. The molecule has 4 fully saturated rings. The Morgan fingerprint density at radius 3 is 1.53 bits per heavy atom. The average Bonchev–Trinajstić information content (AvgIpc) is 4.09. The molecule has 4 unspecified atom stereocenters. The van der Waals surface area contributed by atoms with E-state index in [9.17, 15) is 9.59 Å². The van der Waals surface area contributed by atoms with Crippen LogP contribution in [-0.2, 0) is 9.47 Å². The third kappa shape index (κ3) is 8.52. The Kier molecular flexibility index (Phi) is 10.9. The van der Waals surface area contributed by atoms with E-state index in [0.717, 1.165) is 83.1 Å². The van der Waals surface area contributed by atoms with Crippen LogP contribution in [-0.4, -0.2) is 106 Å². The number of aromatic nitrogens is 4. The number of hydrogen-bond donors (Lipinski definition) is 6. The molecule has 14 nitrogen and oxygen atoms in total. The summed E-state index contributed by atoms with van der Waals surface area (Å²) in [5.74, 6) is 2.76. The van der Waals surface area contributed by atoms with Crippen LogP contribution >= 0.6 is 0 Å². The van der Waals surface area contributed by atoms with Crippen LogP contribution in [0, 0.1) is 23.7 Å². The standard InChI is InChI=1S/C48H56N10O4/c1-27-25-61-43(29-9-11-45(49)51-17-29)23-57(27)21-33-13-31(33)19-53-47(59)41-15-37-35(5-3-7-39(37)55-41)36-6-4-8-40-38(36)16-42(56-40)48(60)54-20-32-14-34(32)22-58-24-44(62-26-28(58)2)30-10-12-46(50)52-18-30/h3-12,15-18,27-28,31-34,43-44,55-56H,13-14,19-26H2,1-2H3,(H2,49,51)(H2,50,52)(H,53,59)(H,54,60)/t27-,28-,31?,32?,33?,34?,43+,44+/m0/s1. The molecule has 6 heterocycles. The number of hydrogen-bond acceptors (Lipinski definition) is 10. The van der Waals surface area contributed by atoms with Gasteiger partial charge in [-0.15, -0.1) is 0 Å². The molecule has 2 aliphatic heterocycles. The summed E-state index contributed by atoms with van der Waals surface area (Å²) in [6.07, 6.45) is 5.76. The van der Waals surface area contributed by atoms with Gasteiger partial charge in [0.25, 0.3) is 11.8 Å². The number of fused-ring (bicyclic) bond motifs is 2. The zero-order valence-corrected chi connectivity index (χ0v) is 35.3. The number of nitrogens with zero attached hydrogens (tertiary/aromatic N) is 4. The first kappa shape index (κ1) is 40.3. The SMILES string of the molecule is C[C@H]1CO[C@@H](c2ccc(N)nc2)CN1CC1CC1CNC(=O)c1cc2c(-c3cccc4[nH]c(C(=O)NCC5CC5CN5C[C@H](c6ccc(N)nc6)OC[C@@H]5C)cc34)cccc2[nH]1. The number of carbonyl (C=O) groups excluding carboxylic acids is 2. The lowest BCUT2D eigenvalue weighted by molar-refractivity contribution is -0.0619. The smallest absolute Gasteiger partial charge is 0.267 e. The van der Waals surface area contributed by atoms with E-state index in [2.05, 4.69) is 66.3 Å². The minimum atomic E-state index is -0.107. The topological polar surface area (TPSA) is 193 Å². The van der Waals surface area contributed by atoms with E-state index in [1.54, 1.807) is 0 Å². The summed E-state index contributed by atoms with van der Waals surface area (Å²) in [4.78, 5) is 47.3. The lowest BCUT2D eigenvalue weighted by Crippen LogP contribution is -2.46. The Morgan fingerprint density at radius 2 is 1.11 bits per heavy atom. The predicted octanol–water partition coefficient (Wildman–Crippen LogP) is 5.93. The Balaban J connectivity index is 0.736. The maximum atomic E-state index is 13.5. The molecule has 8 atom stereocenters. The van der Waals surface area contributed by atoms with Crippen molar-refractivity contribution in [1.29, 1.82) is 0 Å². The first-order valence-corrected chi connectivity index (χ1v) is 22.1. The van der Waals surface area contributed by atoms with Crippen LogP contribution in [0.15, 0.2) is 85.2 Å². The highest BCUT2D eigenvalue weighted by atomic mass is 16.5. The van der Waals surface area contributed by atoms with Crippen LogP contribution < -0.4 is 22.1 Å². The van der Waals surface area contributed by atoms with Gasteiger partial charge in [-0.3, -0.25) is 19.4 Å². The van der Waals surface area contributed by atoms with Crippen molar-refractivity contribution in [2.24, 2.45) is 23.7 Å². The zero-order chi connectivity index (χ0) is 42.5. The third-order valence-electron chi connectivity index (χ3n) is 13.7. The number of pyridine rings is 2. The van der Waals surface area contributed by atoms with Crippen molar-refractivity contribution < 1.29 is 19.1 Å². The monoisotopic (exact) mass is 836 g/mol. The lowest BCUT2D eigenvalue weighted by atomic mass is 9.98. The molecule has 0 spiro atoms. The number of nitrogens with one attached hydrogen (secondary N) is 4. The van der Waals surface area contributed by atoms with Crippen molar-refractivity contribution in [3.63, 3.8) is 0 Å². The van der Waals surface area contributed by atoms with E-state index in [1.807, 2.05) is 73.1 Å². The number of nitrogens with two attached hydrogens (primary N) is 2. The van der Waals surface area contributed by atoms with Gasteiger partial charge in [0.2, 0.25) is 0 Å². The molecule has 8 N–H and O–H groups in total. The third-order valence-corrected chi connectivity index (χ3v) is 13.7. The van der Waals surface area contributed by atoms with E-state index in [1.165, 1.54) is 0 Å². The average molecular weight is 837 g/mol. The summed E-state index contributed by atoms with van der Waals surface area (Å²) < 4.78 is 12.3. The van der Waals surface area contributed by atoms with Crippen molar-refractivity contribution in [2.45, 2.75) is 51.0 Å². The van der Waals surface area contributed by atoms with Crippen molar-refractivity contribution >= 4 is 45.3 Å². The fourth-order valence-electron chi connectivity index (χ4n) is 9.57. The van der Waals surface area contributed by atoms with Gasteiger partial charge >= 0.3 is 0 Å². The highest BCUT2D eigenvalue weighted by molar-refractivity contribution is 6.09. The molecule has 2 aliphatic carbocycles. The Hall–Kier alpha value is -5.80. The van der Waals surface area contributed by atoms with E-state index in [-0.39, 0.29) is 24.0 Å². The Morgan fingerprint density at radius 1 is 0.661 bits per heavy atom. The summed E-state index contributed by atoms with van der Waals surface area (Å²) in [6.45, 7) is 10.6. The van der Waals surface area contributed by atoms with Crippen LogP contribution in [0.4, 0.5) is 11.6 Å². The highest BCUT2D eigenvalue weighted by Crippen LogP contribution is 2.42.